The van der Waals surface area contributed by atoms with E-state index in [2.05, 4.69) is 9.98 Å². The summed E-state index contributed by atoms with van der Waals surface area (Å²) in [6.07, 6.45) is 3.73. The van der Waals surface area contributed by atoms with Crippen molar-refractivity contribution in [2.24, 2.45) is 9.98 Å². The highest BCUT2D eigenvalue weighted by Crippen LogP contribution is 2.23. The van der Waals surface area contributed by atoms with Crippen molar-refractivity contribution in [2.75, 3.05) is 26.0 Å². The van der Waals surface area contributed by atoms with Crippen LogP contribution in [0.3, 0.4) is 0 Å². The number of aliphatic hydroxyl groups excluding tert-OH is 1. The number of allylic oxidation sites excluding steroid dienone is 2. The van der Waals surface area contributed by atoms with Gasteiger partial charge in [-0.05, 0) is 12.8 Å². The number of anilines is 1. The Labute approximate surface area is 144 Å². The van der Waals surface area contributed by atoms with Crippen LogP contribution in [0.5, 0.6) is 0 Å². The molecule has 1 aliphatic carbocycles. The van der Waals surface area contributed by atoms with Crippen molar-refractivity contribution in [3.63, 3.8) is 0 Å². The summed E-state index contributed by atoms with van der Waals surface area (Å²) in [5, 5.41) is 17.0. The van der Waals surface area contributed by atoms with E-state index in [4.69, 9.17) is 21.0 Å². The van der Waals surface area contributed by atoms with Crippen molar-refractivity contribution in [2.45, 2.75) is 32.4 Å². The van der Waals surface area contributed by atoms with Crippen LogP contribution < -0.4 is 11.3 Å². The molecule has 0 atom stereocenters. The maximum atomic E-state index is 12.6. The van der Waals surface area contributed by atoms with E-state index >= 15 is 0 Å². The fourth-order valence-corrected chi connectivity index (χ4v) is 3.05. The van der Waals surface area contributed by atoms with Crippen LogP contribution in [0.2, 0.25) is 0 Å². The average molecular weight is 346 g/mol. The van der Waals surface area contributed by atoms with Crippen LogP contribution in [0.25, 0.3) is 0 Å². The first-order valence-electron chi connectivity index (χ1n) is 8.22. The summed E-state index contributed by atoms with van der Waals surface area (Å²) in [7, 11) is 1.48. The van der Waals surface area contributed by atoms with Gasteiger partial charge in [-0.25, -0.2) is 9.67 Å². The highest BCUT2D eigenvalue weighted by atomic mass is 16.5. The largest absolute Gasteiger partial charge is 0.495 e. The second-order valence-corrected chi connectivity index (χ2v) is 5.91. The van der Waals surface area contributed by atoms with Gasteiger partial charge in [0.1, 0.15) is 5.76 Å². The minimum atomic E-state index is -0.223. The highest BCUT2D eigenvalue weighted by molar-refractivity contribution is 6.52. The van der Waals surface area contributed by atoms with Gasteiger partial charge in [-0.1, -0.05) is 0 Å². The quantitative estimate of drug-likeness (QED) is 0.732. The number of aliphatic imine (C=N–C) groups is 2. The zero-order chi connectivity index (χ0) is 18.0. The Kier molecular flexibility index (Phi) is 4.84. The molecule has 0 spiro atoms. The van der Waals surface area contributed by atoms with Gasteiger partial charge in [-0.3, -0.25) is 14.5 Å². The Balaban J connectivity index is 2.11. The second-order valence-electron chi connectivity index (χ2n) is 5.91. The SMILES string of the molecule is COC1=CC(=Nc2c(N)n3n(c2=O)CCCC3)C(=NCCO)CC1=N. The lowest BCUT2D eigenvalue weighted by molar-refractivity contribution is 0.307. The summed E-state index contributed by atoms with van der Waals surface area (Å²) in [6, 6.07) is 0. The molecule has 3 rings (SSSR count). The molecule has 0 saturated carbocycles. The normalized spacial score (nSPS) is 20.7. The smallest absolute Gasteiger partial charge is 0.294 e. The van der Waals surface area contributed by atoms with Crippen LogP contribution in [-0.2, 0) is 17.8 Å². The third-order valence-corrected chi connectivity index (χ3v) is 4.30. The van der Waals surface area contributed by atoms with Crippen molar-refractivity contribution in [1.29, 1.82) is 5.41 Å². The highest BCUT2D eigenvalue weighted by Gasteiger charge is 2.24. The first-order valence-corrected chi connectivity index (χ1v) is 8.22. The fraction of sp³-hybridized carbons (Fsp3) is 0.500. The first-order chi connectivity index (χ1) is 12.1. The lowest BCUT2D eigenvalue weighted by Crippen LogP contribution is -2.27. The number of hydrogen-bond donors (Lipinski definition) is 3. The number of hydrogen-bond acceptors (Lipinski definition) is 7. The molecule has 1 aromatic heterocycles. The standard InChI is InChI=1S/C16H22N6O3/c1-25-13-9-12(11(8-10(13)17)19-4-7-23)20-14-15(18)21-5-2-3-6-22(21)16(14)24/h9,17,23H,2-8,18H2,1H3. The van der Waals surface area contributed by atoms with E-state index in [-0.39, 0.29) is 36.5 Å². The summed E-state index contributed by atoms with van der Waals surface area (Å²) >= 11 is 0. The van der Waals surface area contributed by atoms with Crippen molar-refractivity contribution < 1.29 is 9.84 Å². The van der Waals surface area contributed by atoms with Crippen LogP contribution in [0.4, 0.5) is 11.5 Å². The van der Waals surface area contributed by atoms with Crippen molar-refractivity contribution in [3.05, 3.63) is 22.2 Å². The topological polar surface area (TPSA) is 131 Å². The van der Waals surface area contributed by atoms with E-state index < -0.39 is 0 Å². The van der Waals surface area contributed by atoms with Crippen molar-refractivity contribution >= 4 is 28.6 Å². The number of nitrogens with zero attached hydrogens (tertiary/aromatic N) is 4. The van der Waals surface area contributed by atoms with Gasteiger partial charge < -0.3 is 21.0 Å². The Bertz CT molecular complexity index is 843. The molecule has 9 nitrogen and oxygen atoms in total. The lowest BCUT2D eigenvalue weighted by atomic mass is 9.99. The summed E-state index contributed by atoms with van der Waals surface area (Å²) in [4.78, 5) is 21.4. The molecule has 1 aliphatic heterocycles. The minimum absolute atomic E-state index is 0.101. The van der Waals surface area contributed by atoms with Crippen LogP contribution in [0.15, 0.2) is 26.6 Å². The molecule has 0 saturated heterocycles. The van der Waals surface area contributed by atoms with Crippen LogP contribution in [-0.4, -0.2) is 51.9 Å². The molecular formula is C16H22N6O3. The van der Waals surface area contributed by atoms with Crippen LogP contribution in [0.1, 0.15) is 19.3 Å². The summed E-state index contributed by atoms with van der Waals surface area (Å²) in [5.41, 5.74) is 7.36. The third kappa shape index (κ3) is 3.14. The average Bonchev–Trinajstić information content (AvgIpc) is 2.86. The Morgan fingerprint density at radius 1 is 1.36 bits per heavy atom. The molecule has 0 bridgehead atoms. The fourth-order valence-electron chi connectivity index (χ4n) is 3.05. The Hall–Kier alpha value is -2.68. The maximum Gasteiger partial charge on any atom is 0.294 e. The predicted octanol–water partition coefficient (Wildman–Crippen LogP) is 0.485. The number of rotatable bonds is 4. The van der Waals surface area contributed by atoms with Gasteiger partial charge in [0, 0.05) is 25.6 Å². The van der Waals surface area contributed by atoms with Crippen LogP contribution >= 0.6 is 0 Å². The summed E-state index contributed by atoms with van der Waals surface area (Å²) < 4.78 is 8.58. The van der Waals surface area contributed by atoms with E-state index in [9.17, 15) is 4.79 Å². The zero-order valence-electron chi connectivity index (χ0n) is 14.2. The number of nitrogen functional groups attached to an aromatic ring is 1. The molecule has 0 fully saturated rings. The monoisotopic (exact) mass is 346 g/mol. The number of aromatic nitrogens is 2. The molecule has 134 valence electrons. The van der Waals surface area contributed by atoms with E-state index in [1.807, 2.05) is 0 Å². The van der Waals surface area contributed by atoms with Gasteiger partial charge in [-0.15, -0.1) is 0 Å². The molecule has 2 heterocycles. The third-order valence-electron chi connectivity index (χ3n) is 4.30. The van der Waals surface area contributed by atoms with Gasteiger partial charge in [0.05, 0.1) is 37.4 Å². The second kappa shape index (κ2) is 7.06. The summed E-state index contributed by atoms with van der Waals surface area (Å²) in [5.74, 6) is 0.719. The van der Waals surface area contributed by atoms with E-state index in [0.717, 1.165) is 12.8 Å². The lowest BCUT2D eigenvalue weighted by Gasteiger charge is -2.17. The molecule has 25 heavy (non-hydrogen) atoms. The Morgan fingerprint density at radius 2 is 2.08 bits per heavy atom. The number of fused-ring (bicyclic) bond motifs is 1. The molecule has 9 heteroatoms. The van der Waals surface area contributed by atoms with Gasteiger partial charge >= 0.3 is 0 Å². The number of methoxy groups -OCH3 is 1. The molecular weight excluding hydrogens is 324 g/mol. The van der Waals surface area contributed by atoms with Crippen molar-refractivity contribution in [3.8, 4) is 0 Å². The molecule has 0 unspecified atom stereocenters. The summed E-state index contributed by atoms with van der Waals surface area (Å²) in [6.45, 7) is 1.43. The zero-order valence-corrected chi connectivity index (χ0v) is 14.2. The van der Waals surface area contributed by atoms with Gasteiger partial charge in [0.2, 0.25) is 0 Å². The van der Waals surface area contributed by atoms with Crippen molar-refractivity contribution in [1.82, 2.24) is 9.36 Å². The minimum Gasteiger partial charge on any atom is -0.495 e. The molecule has 0 radical (unpaired) electrons. The molecule has 1 aromatic rings. The molecule has 0 amide bonds. The van der Waals surface area contributed by atoms with E-state index in [1.54, 1.807) is 15.4 Å². The molecule has 2 aliphatic rings. The predicted molar refractivity (Wildman–Crippen MR) is 96.3 cm³/mol. The number of nitrogens with one attached hydrogen (secondary N) is 1. The molecule has 4 N–H and O–H groups in total. The number of aliphatic hydroxyl groups is 1. The number of ether oxygens (including phenoxy) is 1. The Morgan fingerprint density at radius 3 is 2.72 bits per heavy atom. The first kappa shape index (κ1) is 17.2. The maximum absolute atomic E-state index is 12.6. The number of nitrogens with two attached hydrogens (primary N) is 1. The van der Waals surface area contributed by atoms with E-state index in [0.29, 0.717) is 36.1 Å². The van der Waals surface area contributed by atoms with Gasteiger partial charge in [0.25, 0.3) is 5.56 Å². The van der Waals surface area contributed by atoms with Gasteiger partial charge in [-0.2, -0.15) is 0 Å². The van der Waals surface area contributed by atoms with E-state index in [1.165, 1.54) is 7.11 Å². The van der Waals surface area contributed by atoms with Crippen LogP contribution in [0, 0.1) is 5.41 Å². The van der Waals surface area contributed by atoms with Gasteiger partial charge in [0.15, 0.2) is 11.5 Å². The molecule has 0 aromatic carbocycles.